The first-order valence-electron chi connectivity index (χ1n) is 5.07. The minimum atomic E-state index is 0.504. The van der Waals surface area contributed by atoms with E-state index in [0.717, 1.165) is 25.4 Å². The fourth-order valence-electron chi connectivity index (χ4n) is 1.51. The van der Waals surface area contributed by atoms with Crippen molar-refractivity contribution >= 4 is 11.5 Å². The van der Waals surface area contributed by atoms with Gasteiger partial charge in [-0.15, -0.1) is 0 Å². The predicted octanol–water partition coefficient (Wildman–Crippen LogP) is 1.23. The number of nitrogens with one attached hydrogen (secondary N) is 1. The standard InChI is InChI=1S/C9H15N3OS/c1-2-8-11-9(14-12-8)13-6-7-4-3-5-10-7/h7,10H,2-6H2,1H3. The highest BCUT2D eigenvalue weighted by molar-refractivity contribution is 7.07. The second-order valence-corrected chi connectivity index (χ2v) is 4.15. The Labute approximate surface area is 87.9 Å². The van der Waals surface area contributed by atoms with Gasteiger partial charge < -0.3 is 10.1 Å². The Morgan fingerprint density at radius 1 is 1.64 bits per heavy atom. The summed E-state index contributed by atoms with van der Waals surface area (Å²) in [5.74, 6) is 0.879. The largest absolute Gasteiger partial charge is 0.467 e. The van der Waals surface area contributed by atoms with Crippen molar-refractivity contribution in [2.24, 2.45) is 0 Å². The van der Waals surface area contributed by atoms with Gasteiger partial charge >= 0.3 is 0 Å². The van der Waals surface area contributed by atoms with E-state index in [-0.39, 0.29) is 0 Å². The first-order chi connectivity index (χ1) is 6.88. The third kappa shape index (κ3) is 2.42. The minimum absolute atomic E-state index is 0.504. The van der Waals surface area contributed by atoms with E-state index in [2.05, 4.69) is 14.7 Å². The molecule has 1 aliphatic heterocycles. The van der Waals surface area contributed by atoms with Gasteiger partial charge in [0.1, 0.15) is 12.4 Å². The zero-order chi connectivity index (χ0) is 9.80. The zero-order valence-electron chi connectivity index (χ0n) is 8.32. The van der Waals surface area contributed by atoms with Crippen LogP contribution in [0.25, 0.3) is 0 Å². The topological polar surface area (TPSA) is 47.0 Å². The van der Waals surface area contributed by atoms with Gasteiger partial charge in [0.15, 0.2) is 0 Å². The van der Waals surface area contributed by atoms with E-state index < -0.39 is 0 Å². The van der Waals surface area contributed by atoms with Crippen LogP contribution in [0.5, 0.6) is 5.19 Å². The second-order valence-electron chi connectivity index (χ2n) is 3.43. The zero-order valence-corrected chi connectivity index (χ0v) is 9.14. The Bertz CT molecular complexity index is 283. The number of hydrogen-bond acceptors (Lipinski definition) is 5. The number of rotatable bonds is 4. The van der Waals surface area contributed by atoms with Crippen molar-refractivity contribution in [2.75, 3.05) is 13.2 Å². The lowest BCUT2D eigenvalue weighted by atomic mass is 10.2. The molecule has 1 aromatic rings. The molecule has 0 radical (unpaired) electrons. The van der Waals surface area contributed by atoms with E-state index in [1.165, 1.54) is 24.4 Å². The number of ether oxygens (including phenoxy) is 1. The first-order valence-corrected chi connectivity index (χ1v) is 5.84. The third-order valence-corrected chi connectivity index (χ3v) is 3.00. The normalized spacial score (nSPS) is 21.4. The van der Waals surface area contributed by atoms with Gasteiger partial charge in [-0.1, -0.05) is 6.92 Å². The summed E-state index contributed by atoms with van der Waals surface area (Å²) in [5, 5.41) is 4.08. The summed E-state index contributed by atoms with van der Waals surface area (Å²) in [6, 6.07) is 0.504. The van der Waals surface area contributed by atoms with Crippen LogP contribution in [0.1, 0.15) is 25.6 Å². The highest BCUT2D eigenvalue weighted by atomic mass is 32.1. The molecular weight excluding hydrogens is 198 g/mol. The minimum Gasteiger partial charge on any atom is -0.467 e. The summed E-state index contributed by atoms with van der Waals surface area (Å²) in [6.45, 7) is 3.88. The maximum absolute atomic E-state index is 5.55. The van der Waals surface area contributed by atoms with Crippen LogP contribution in [0.3, 0.4) is 0 Å². The molecule has 1 aromatic heterocycles. The van der Waals surface area contributed by atoms with Gasteiger partial charge in [0.25, 0.3) is 5.19 Å². The molecule has 1 N–H and O–H groups in total. The van der Waals surface area contributed by atoms with Crippen LogP contribution >= 0.6 is 11.5 Å². The average molecular weight is 213 g/mol. The fraction of sp³-hybridized carbons (Fsp3) is 0.778. The summed E-state index contributed by atoms with van der Waals surface area (Å²) < 4.78 is 9.72. The molecule has 14 heavy (non-hydrogen) atoms. The van der Waals surface area contributed by atoms with Gasteiger partial charge in [0, 0.05) is 24.0 Å². The molecule has 0 aromatic carbocycles. The van der Waals surface area contributed by atoms with E-state index >= 15 is 0 Å². The van der Waals surface area contributed by atoms with Crippen LogP contribution in [0, 0.1) is 0 Å². The highest BCUT2D eigenvalue weighted by Crippen LogP contribution is 2.15. The quantitative estimate of drug-likeness (QED) is 0.817. The lowest BCUT2D eigenvalue weighted by Gasteiger charge is -2.08. The Morgan fingerprint density at radius 3 is 3.21 bits per heavy atom. The van der Waals surface area contributed by atoms with Crippen LogP contribution in [-0.2, 0) is 6.42 Å². The first kappa shape index (κ1) is 9.86. The third-order valence-electron chi connectivity index (χ3n) is 2.34. The lowest BCUT2D eigenvalue weighted by Crippen LogP contribution is -2.28. The molecule has 1 aliphatic rings. The van der Waals surface area contributed by atoms with Crippen molar-refractivity contribution < 1.29 is 4.74 Å². The molecule has 4 nitrogen and oxygen atoms in total. The fourth-order valence-corrected chi connectivity index (χ4v) is 2.13. The molecule has 1 saturated heterocycles. The molecule has 1 fully saturated rings. The van der Waals surface area contributed by atoms with Crippen LogP contribution in [0.2, 0.25) is 0 Å². The Morgan fingerprint density at radius 2 is 2.57 bits per heavy atom. The Hall–Kier alpha value is -0.680. The second kappa shape index (κ2) is 4.70. The maximum atomic E-state index is 5.55. The predicted molar refractivity (Wildman–Crippen MR) is 55.8 cm³/mol. The van der Waals surface area contributed by atoms with E-state index in [4.69, 9.17) is 4.74 Å². The van der Waals surface area contributed by atoms with Gasteiger partial charge in [0.2, 0.25) is 0 Å². The molecule has 2 heterocycles. The summed E-state index contributed by atoms with van der Waals surface area (Å²) in [5.41, 5.74) is 0. The number of aromatic nitrogens is 2. The van der Waals surface area contributed by atoms with Crippen molar-refractivity contribution in [3.05, 3.63) is 5.82 Å². The summed E-state index contributed by atoms with van der Waals surface area (Å²) >= 11 is 1.35. The van der Waals surface area contributed by atoms with Crippen molar-refractivity contribution in [2.45, 2.75) is 32.2 Å². The molecule has 2 rings (SSSR count). The Kier molecular flexibility index (Phi) is 3.31. The number of hydrogen-bond donors (Lipinski definition) is 1. The van der Waals surface area contributed by atoms with Gasteiger partial charge in [-0.05, 0) is 19.4 Å². The summed E-state index contributed by atoms with van der Waals surface area (Å²) in [7, 11) is 0. The number of nitrogens with zero attached hydrogens (tertiary/aromatic N) is 2. The molecule has 0 spiro atoms. The van der Waals surface area contributed by atoms with E-state index in [1.807, 2.05) is 6.92 Å². The SMILES string of the molecule is CCc1nsc(OCC2CCCN2)n1. The van der Waals surface area contributed by atoms with Crippen molar-refractivity contribution in [3.63, 3.8) is 0 Å². The molecule has 1 unspecified atom stereocenters. The van der Waals surface area contributed by atoms with Gasteiger partial charge in [-0.25, -0.2) is 0 Å². The average Bonchev–Trinajstić information content (AvgIpc) is 2.86. The van der Waals surface area contributed by atoms with Gasteiger partial charge in [0.05, 0.1) is 0 Å². The molecule has 0 bridgehead atoms. The van der Waals surface area contributed by atoms with Gasteiger partial charge in [-0.2, -0.15) is 9.36 Å². The van der Waals surface area contributed by atoms with E-state index in [9.17, 15) is 0 Å². The van der Waals surface area contributed by atoms with Crippen LogP contribution < -0.4 is 10.1 Å². The van der Waals surface area contributed by atoms with Crippen molar-refractivity contribution in [3.8, 4) is 5.19 Å². The maximum Gasteiger partial charge on any atom is 0.293 e. The highest BCUT2D eigenvalue weighted by Gasteiger charge is 2.15. The molecule has 5 heteroatoms. The lowest BCUT2D eigenvalue weighted by molar-refractivity contribution is 0.275. The van der Waals surface area contributed by atoms with E-state index in [1.54, 1.807) is 0 Å². The molecular formula is C9H15N3OS. The molecule has 78 valence electrons. The Balaban J connectivity index is 1.79. The summed E-state index contributed by atoms with van der Waals surface area (Å²) in [4.78, 5) is 4.25. The van der Waals surface area contributed by atoms with Crippen molar-refractivity contribution in [1.29, 1.82) is 0 Å². The van der Waals surface area contributed by atoms with Crippen molar-refractivity contribution in [1.82, 2.24) is 14.7 Å². The monoisotopic (exact) mass is 213 g/mol. The van der Waals surface area contributed by atoms with Crippen LogP contribution in [0.15, 0.2) is 0 Å². The molecule has 0 saturated carbocycles. The smallest absolute Gasteiger partial charge is 0.293 e. The van der Waals surface area contributed by atoms with E-state index in [0.29, 0.717) is 11.2 Å². The summed E-state index contributed by atoms with van der Waals surface area (Å²) in [6.07, 6.45) is 3.34. The molecule has 0 amide bonds. The van der Waals surface area contributed by atoms with Gasteiger partial charge in [-0.3, -0.25) is 0 Å². The molecule has 1 atom stereocenters. The number of aryl methyl sites for hydroxylation is 1. The molecule has 0 aliphatic carbocycles. The van der Waals surface area contributed by atoms with Crippen LogP contribution in [0.4, 0.5) is 0 Å². The van der Waals surface area contributed by atoms with Crippen LogP contribution in [-0.4, -0.2) is 28.6 Å².